The molecular formula is C24H33NO2S. The molecule has 3 aliphatic rings. The van der Waals surface area contributed by atoms with Gasteiger partial charge in [0, 0.05) is 16.9 Å². The number of ether oxygens (including phenoxy) is 1. The average molecular weight is 400 g/mol. The minimum Gasteiger partial charge on any atom is -0.507 e. The van der Waals surface area contributed by atoms with Crippen molar-refractivity contribution < 1.29 is 9.84 Å². The number of benzene rings is 1. The molecule has 4 atom stereocenters. The van der Waals surface area contributed by atoms with Gasteiger partial charge in [0.05, 0.1) is 11.7 Å². The molecule has 1 N–H and O–H groups in total. The van der Waals surface area contributed by atoms with E-state index in [1.54, 1.807) is 0 Å². The van der Waals surface area contributed by atoms with Gasteiger partial charge >= 0.3 is 0 Å². The Morgan fingerprint density at radius 1 is 1.25 bits per heavy atom. The fourth-order valence-electron chi connectivity index (χ4n) is 6.73. The topological polar surface area (TPSA) is 41.8 Å². The van der Waals surface area contributed by atoms with Gasteiger partial charge in [-0.1, -0.05) is 33.8 Å². The fraction of sp³-hybridized carbons (Fsp3) is 0.708. The molecule has 1 spiro atoms. The third-order valence-corrected chi connectivity index (χ3v) is 8.66. The summed E-state index contributed by atoms with van der Waals surface area (Å²) >= 11 is 4.66. The molecule has 1 heterocycles. The number of fused-ring (bicyclic) bond motifs is 1. The summed E-state index contributed by atoms with van der Waals surface area (Å²) in [6, 6.07) is 4.08. The molecule has 4 rings (SSSR count). The number of thiocarbonyl (C=S) groups is 1. The Morgan fingerprint density at radius 2 is 2.04 bits per heavy atom. The van der Waals surface area contributed by atoms with Crippen LogP contribution < -0.4 is 4.74 Å². The minimum absolute atomic E-state index is 0.0449. The van der Waals surface area contributed by atoms with Crippen LogP contribution in [0.25, 0.3) is 0 Å². The third-order valence-electron chi connectivity index (χ3n) is 8.54. The van der Waals surface area contributed by atoms with Crippen LogP contribution in [0.15, 0.2) is 17.1 Å². The van der Waals surface area contributed by atoms with Gasteiger partial charge in [0.25, 0.3) is 0 Å². The fourth-order valence-corrected chi connectivity index (χ4v) is 6.82. The quantitative estimate of drug-likeness (QED) is 0.502. The first kappa shape index (κ1) is 19.9. The van der Waals surface area contributed by atoms with Crippen molar-refractivity contribution in [3.63, 3.8) is 0 Å². The molecule has 0 bridgehead atoms. The summed E-state index contributed by atoms with van der Waals surface area (Å²) in [7, 11) is 0. The summed E-state index contributed by atoms with van der Waals surface area (Å²) in [6.45, 7) is 10.3. The van der Waals surface area contributed by atoms with Crippen molar-refractivity contribution in [1.29, 1.82) is 0 Å². The van der Waals surface area contributed by atoms with Crippen LogP contribution >= 0.6 is 12.2 Å². The molecule has 4 heteroatoms. The minimum atomic E-state index is -0.116. The maximum Gasteiger partial charge on any atom is 0.127 e. The summed E-state index contributed by atoms with van der Waals surface area (Å²) in [4.78, 5) is 4.00. The number of phenolic OH excluding ortho intramolecular Hbond substituents is 1. The summed E-state index contributed by atoms with van der Waals surface area (Å²) < 4.78 is 6.99. The highest BCUT2D eigenvalue weighted by molar-refractivity contribution is 7.78. The monoisotopic (exact) mass is 399 g/mol. The van der Waals surface area contributed by atoms with E-state index in [0.717, 1.165) is 29.7 Å². The first-order valence-electron chi connectivity index (χ1n) is 10.8. The lowest BCUT2D eigenvalue weighted by molar-refractivity contribution is -0.210. The number of nitrogens with zero attached hydrogens (tertiary/aromatic N) is 1. The van der Waals surface area contributed by atoms with Crippen LogP contribution in [0, 0.1) is 22.7 Å². The Kier molecular flexibility index (Phi) is 4.87. The molecule has 28 heavy (non-hydrogen) atoms. The van der Waals surface area contributed by atoms with Gasteiger partial charge in [-0.3, -0.25) is 0 Å². The zero-order chi connectivity index (χ0) is 20.2. The normalized spacial score (nSPS) is 35.6. The van der Waals surface area contributed by atoms with Crippen molar-refractivity contribution in [3.8, 4) is 11.5 Å². The van der Waals surface area contributed by atoms with Gasteiger partial charge in [0.2, 0.25) is 0 Å². The van der Waals surface area contributed by atoms with Crippen LogP contribution in [-0.2, 0) is 12.8 Å². The van der Waals surface area contributed by atoms with Crippen LogP contribution in [0.4, 0.5) is 0 Å². The summed E-state index contributed by atoms with van der Waals surface area (Å²) in [5.74, 6) is 2.45. The van der Waals surface area contributed by atoms with Crippen LogP contribution in [0.2, 0.25) is 0 Å². The second-order valence-electron chi connectivity index (χ2n) is 10.2. The van der Waals surface area contributed by atoms with E-state index in [-0.39, 0.29) is 11.0 Å². The highest BCUT2D eigenvalue weighted by Gasteiger charge is 2.65. The average Bonchev–Trinajstić information content (AvgIpc) is 2.64. The van der Waals surface area contributed by atoms with E-state index < -0.39 is 0 Å². The lowest BCUT2D eigenvalue weighted by Crippen LogP contribution is -2.68. The van der Waals surface area contributed by atoms with Crippen molar-refractivity contribution in [2.45, 2.75) is 78.2 Å². The molecule has 1 aromatic carbocycles. The van der Waals surface area contributed by atoms with Crippen molar-refractivity contribution in [2.24, 2.45) is 27.7 Å². The van der Waals surface area contributed by atoms with Crippen LogP contribution in [0.3, 0.4) is 0 Å². The maximum absolute atomic E-state index is 11.1. The molecule has 3 nitrogen and oxygen atoms in total. The van der Waals surface area contributed by atoms with Gasteiger partial charge in [0.15, 0.2) is 0 Å². The highest BCUT2D eigenvalue weighted by Crippen LogP contribution is 2.66. The SMILES string of the molecule is C[C@H]1CC[C@H]2C(C)(C)CCCC23Oc2ccc(CCN=C=S)c(O)c2C[C@]13C. The molecular weight excluding hydrogens is 366 g/mol. The number of hydrogen-bond donors (Lipinski definition) is 1. The first-order valence-corrected chi connectivity index (χ1v) is 11.2. The number of aromatic hydroxyl groups is 1. The van der Waals surface area contributed by atoms with Gasteiger partial charge < -0.3 is 9.84 Å². The Hall–Kier alpha value is -1.38. The van der Waals surface area contributed by atoms with Crippen molar-refractivity contribution in [2.75, 3.05) is 6.54 Å². The van der Waals surface area contributed by atoms with Crippen LogP contribution in [0.5, 0.6) is 11.5 Å². The molecule has 0 aromatic heterocycles. The Morgan fingerprint density at radius 3 is 2.79 bits per heavy atom. The number of isothiocyanates is 1. The maximum atomic E-state index is 11.1. The molecule has 1 unspecified atom stereocenters. The predicted molar refractivity (Wildman–Crippen MR) is 116 cm³/mol. The second kappa shape index (κ2) is 6.85. The zero-order valence-corrected chi connectivity index (χ0v) is 18.5. The van der Waals surface area contributed by atoms with E-state index in [1.165, 1.54) is 25.7 Å². The smallest absolute Gasteiger partial charge is 0.127 e. The van der Waals surface area contributed by atoms with E-state index in [9.17, 15) is 5.11 Å². The van der Waals surface area contributed by atoms with Crippen molar-refractivity contribution >= 4 is 17.4 Å². The van der Waals surface area contributed by atoms with E-state index in [2.05, 4.69) is 56.1 Å². The number of rotatable bonds is 3. The lowest BCUT2D eigenvalue weighted by atomic mass is 9.44. The molecule has 0 radical (unpaired) electrons. The molecule has 2 saturated carbocycles. The summed E-state index contributed by atoms with van der Waals surface area (Å²) in [5.41, 5.74) is 2.16. The van der Waals surface area contributed by atoms with Crippen LogP contribution in [-0.4, -0.2) is 22.4 Å². The molecule has 2 aliphatic carbocycles. The third kappa shape index (κ3) is 2.75. The van der Waals surface area contributed by atoms with E-state index in [1.807, 2.05) is 6.07 Å². The van der Waals surface area contributed by atoms with E-state index in [0.29, 0.717) is 36.0 Å². The summed E-state index contributed by atoms with van der Waals surface area (Å²) in [6.07, 6.45) is 7.70. The Labute approximate surface area is 174 Å². The highest BCUT2D eigenvalue weighted by atomic mass is 32.1. The van der Waals surface area contributed by atoms with E-state index >= 15 is 0 Å². The Balaban J connectivity index is 1.79. The first-order chi connectivity index (χ1) is 13.2. The van der Waals surface area contributed by atoms with Crippen LogP contribution in [0.1, 0.15) is 70.9 Å². The van der Waals surface area contributed by atoms with E-state index in [4.69, 9.17) is 4.74 Å². The lowest BCUT2D eigenvalue weighted by Gasteiger charge is -2.66. The second-order valence-corrected chi connectivity index (χ2v) is 10.4. The molecule has 1 aromatic rings. The Bertz CT molecular complexity index is 828. The summed E-state index contributed by atoms with van der Waals surface area (Å²) in [5, 5.41) is 13.5. The van der Waals surface area contributed by atoms with Gasteiger partial charge in [-0.15, -0.1) is 0 Å². The molecule has 152 valence electrons. The molecule has 1 aliphatic heterocycles. The van der Waals surface area contributed by atoms with Crippen molar-refractivity contribution in [1.82, 2.24) is 0 Å². The number of phenols is 1. The van der Waals surface area contributed by atoms with Gasteiger partial charge in [-0.2, -0.15) is 0 Å². The largest absolute Gasteiger partial charge is 0.507 e. The predicted octanol–water partition coefficient (Wildman–Crippen LogP) is 5.97. The molecule has 2 fully saturated rings. The number of aliphatic imine (C=N–C) groups is 1. The zero-order valence-electron chi connectivity index (χ0n) is 17.7. The van der Waals surface area contributed by atoms with Gasteiger partial charge in [-0.25, -0.2) is 4.99 Å². The molecule has 0 saturated heterocycles. The number of hydrogen-bond acceptors (Lipinski definition) is 4. The van der Waals surface area contributed by atoms with Gasteiger partial charge in [0.1, 0.15) is 17.1 Å². The standard InChI is InChI=1S/C24H33NO2S/c1-16-6-9-20-22(2,3)11-5-12-24(20)23(16,4)14-18-19(27-24)8-7-17(21(18)26)10-13-25-15-28/h7-8,16,20,26H,5-6,9-14H2,1-4H3/t16-,20-,23+,24?/m0/s1. The van der Waals surface area contributed by atoms with Crippen molar-refractivity contribution in [3.05, 3.63) is 23.3 Å². The van der Waals surface area contributed by atoms with Gasteiger partial charge in [-0.05, 0) is 80.1 Å². The molecule has 0 amide bonds.